The summed E-state index contributed by atoms with van der Waals surface area (Å²) < 4.78 is 28.8. The molecule has 0 amide bonds. The van der Waals surface area contributed by atoms with Gasteiger partial charge in [0.05, 0.1) is 13.7 Å². The van der Waals surface area contributed by atoms with Crippen LogP contribution in [0.2, 0.25) is 0 Å². The van der Waals surface area contributed by atoms with Gasteiger partial charge in [-0.3, -0.25) is 0 Å². The third-order valence-corrected chi connectivity index (χ3v) is 2.62. The van der Waals surface area contributed by atoms with Crippen LogP contribution in [0.1, 0.15) is 0 Å². The zero-order chi connectivity index (χ0) is 12.8. The Balaban J connectivity index is 2.82. The number of esters is 1. The lowest BCUT2D eigenvalue weighted by Gasteiger charge is -2.16. The van der Waals surface area contributed by atoms with E-state index in [1.54, 1.807) is 6.07 Å². The number of methoxy groups -OCH3 is 2. The second-order valence-electron chi connectivity index (χ2n) is 3.16. The number of rotatable bonds is 5. The normalized spacial score (nSPS) is 12.0. The van der Waals surface area contributed by atoms with Crippen LogP contribution >= 0.6 is 22.6 Å². The van der Waals surface area contributed by atoms with Crippen molar-refractivity contribution in [1.82, 2.24) is 0 Å². The van der Waals surface area contributed by atoms with Gasteiger partial charge >= 0.3 is 5.97 Å². The lowest BCUT2D eigenvalue weighted by Crippen LogP contribution is -2.33. The highest BCUT2D eigenvalue weighted by Crippen LogP contribution is 2.20. The standard InChI is InChI=1S/C11H12FIO4/c1-15-6-10(11(14)16-2)17-9-4-3-7(13)5-8(9)12/h3-5,10H,6H2,1-2H3. The molecule has 0 saturated carbocycles. The fourth-order valence-corrected chi connectivity index (χ4v) is 1.61. The van der Waals surface area contributed by atoms with Crippen LogP contribution in [-0.2, 0) is 14.3 Å². The minimum absolute atomic E-state index is 0.00189. The van der Waals surface area contributed by atoms with Crippen LogP contribution in [0.3, 0.4) is 0 Å². The first kappa shape index (κ1) is 14.2. The second-order valence-corrected chi connectivity index (χ2v) is 4.41. The van der Waals surface area contributed by atoms with E-state index in [1.807, 2.05) is 22.6 Å². The van der Waals surface area contributed by atoms with E-state index in [0.29, 0.717) is 0 Å². The maximum atomic E-state index is 13.5. The molecule has 0 fully saturated rings. The summed E-state index contributed by atoms with van der Waals surface area (Å²) >= 11 is 1.98. The first-order valence-electron chi connectivity index (χ1n) is 4.77. The Morgan fingerprint density at radius 2 is 2.18 bits per heavy atom. The predicted molar refractivity (Wildman–Crippen MR) is 67.4 cm³/mol. The van der Waals surface area contributed by atoms with Crippen molar-refractivity contribution in [3.8, 4) is 5.75 Å². The third-order valence-electron chi connectivity index (χ3n) is 1.95. The molecule has 0 aliphatic rings. The monoisotopic (exact) mass is 354 g/mol. The maximum Gasteiger partial charge on any atom is 0.349 e. The summed E-state index contributed by atoms with van der Waals surface area (Å²) in [7, 11) is 2.65. The van der Waals surface area contributed by atoms with Gasteiger partial charge in [0, 0.05) is 10.7 Å². The smallest absolute Gasteiger partial charge is 0.349 e. The molecule has 1 rings (SSSR count). The van der Waals surface area contributed by atoms with Gasteiger partial charge in [0.25, 0.3) is 0 Å². The fourth-order valence-electron chi connectivity index (χ4n) is 1.16. The summed E-state index contributed by atoms with van der Waals surface area (Å²) in [5, 5.41) is 0. The van der Waals surface area contributed by atoms with Gasteiger partial charge < -0.3 is 14.2 Å². The lowest BCUT2D eigenvalue weighted by molar-refractivity contribution is -0.151. The van der Waals surface area contributed by atoms with Crippen LogP contribution in [0.15, 0.2) is 18.2 Å². The Morgan fingerprint density at radius 1 is 1.47 bits per heavy atom. The molecule has 0 saturated heterocycles. The van der Waals surface area contributed by atoms with Crippen LogP contribution in [0.5, 0.6) is 5.75 Å². The summed E-state index contributed by atoms with van der Waals surface area (Å²) in [5.74, 6) is -1.13. The first-order chi connectivity index (χ1) is 8.08. The van der Waals surface area contributed by atoms with Crippen molar-refractivity contribution in [3.05, 3.63) is 27.6 Å². The largest absolute Gasteiger partial charge is 0.473 e. The van der Waals surface area contributed by atoms with E-state index in [-0.39, 0.29) is 12.4 Å². The molecule has 0 radical (unpaired) electrons. The molecule has 0 bridgehead atoms. The summed E-state index contributed by atoms with van der Waals surface area (Å²) in [6.45, 7) is -0.00189. The van der Waals surface area contributed by atoms with E-state index in [1.165, 1.54) is 26.4 Å². The summed E-state index contributed by atoms with van der Waals surface area (Å²) in [5.41, 5.74) is 0. The molecule has 94 valence electrons. The van der Waals surface area contributed by atoms with Gasteiger partial charge in [0.1, 0.15) is 0 Å². The molecule has 0 N–H and O–H groups in total. The highest BCUT2D eigenvalue weighted by Gasteiger charge is 2.22. The van der Waals surface area contributed by atoms with E-state index < -0.39 is 17.9 Å². The van der Waals surface area contributed by atoms with Gasteiger partial charge in [-0.25, -0.2) is 9.18 Å². The number of hydrogen-bond acceptors (Lipinski definition) is 4. The maximum absolute atomic E-state index is 13.5. The van der Waals surface area contributed by atoms with Crippen molar-refractivity contribution < 1.29 is 23.4 Å². The summed E-state index contributed by atoms with van der Waals surface area (Å²) in [6.07, 6.45) is -0.973. The molecule has 1 aromatic rings. The minimum Gasteiger partial charge on any atom is -0.473 e. The van der Waals surface area contributed by atoms with Crippen LogP contribution in [-0.4, -0.2) is 32.9 Å². The number of ether oxygens (including phenoxy) is 3. The molecule has 0 aliphatic carbocycles. The molecule has 1 atom stereocenters. The van der Waals surface area contributed by atoms with E-state index in [4.69, 9.17) is 9.47 Å². The minimum atomic E-state index is -0.973. The Bertz CT molecular complexity index is 397. The molecular formula is C11H12FIO4. The summed E-state index contributed by atoms with van der Waals surface area (Å²) in [6, 6.07) is 4.46. The topological polar surface area (TPSA) is 44.8 Å². The van der Waals surface area contributed by atoms with Gasteiger partial charge in [-0.15, -0.1) is 0 Å². The highest BCUT2D eigenvalue weighted by molar-refractivity contribution is 14.1. The van der Waals surface area contributed by atoms with Crippen LogP contribution in [0.4, 0.5) is 4.39 Å². The molecule has 4 nitrogen and oxygen atoms in total. The summed E-state index contributed by atoms with van der Waals surface area (Å²) in [4.78, 5) is 11.3. The van der Waals surface area contributed by atoms with E-state index in [2.05, 4.69) is 4.74 Å². The number of halogens is 2. The van der Waals surface area contributed by atoms with E-state index in [0.717, 1.165) is 3.57 Å². The van der Waals surface area contributed by atoms with Gasteiger partial charge in [-0.2, -0.15) is 0 Å². The molecule has 1 unspecified atom stereocenters. The average molecular weight is 354 g/mol. The lowest BCUT2D eigenvalue weighted by atomic mass is 10.3. The molecule has 6 heteroatoms. The van der Waals surface area contributed by atoms with Gasteiger partial charge in [-0.05, 0) is 40.8 Å². The van der Waals surface area contributed by atoms with Crippen molar-refractivity contribution in [2.24, 2.45) is 0 Å². The Kier molecular flexibility index (Phi) is 5.63. The number of benzene rings is 1. The Hall–Kier alpha value is -0.890. The van der Waals surface area contributed by atoms with E-state index in [9.17, 15) is 9.18 Å². The fraction of sp³-hybridized carbons (Fsp3) is 0.364. The average Bonchev–Trinajstić information content (AvgIpc) is 2.30. The molecule has 0 aliphatic heterocycles. The molecule has 1 aromatic carbocycles. The van der Waals surface area contributed by atoms with Crippen LogP contribution < -0.4 is 4.74 Å². The molecule has 0 spiro atoms. The van der Waals surface area contributed by atoms with Crippen molar-refractivity contribution in [1.29, 1.82) is 0 Å². The quantitative estimate of drug-likeness (QED) is 0.600. The van der Waals surface area contributed by atoms with Gasteiger partial charge in [-0.1, -0.05) is 0 Å². The molecule has 17 heavy (non-hydrogen) atoms. The second kappa shape index (κ2) is 6.75. The Labute approximate surface area is 112 Å². The Morgan fingerprint density at radius 3 is 2.71 bits per heavy atom. The highest BCUT2D eigenvalue weighted by atomic mass is 127. The van der Waals surface area contributed by atoms with Crippen molar-refractivity contribution in [2.75, 3.05) is 20.8 Å². The SMILES string of the molecule is COCC(Oc1ccc(I)cc1F)C(=O)OC. The van der Waals surface area contributed by atoms with Crippen LogP contribution in [0, 0.1) is 9.39 Å². The predicted octanol–water partition coefficient (Wildman–Crippen LogP) is 2.00. The van der Waals surface area contributed by atoms with Gasteiger partial charge in [0.15, 0.2) is 11.6 Å². The molecule has 0 heterocycles. The number of carbonyl (C=O) groups is 1. The first-order valence-corrected chi connectivity index (χ1v) is 5.84. The zero-order valence-corrected chi connectivity index (χ0v) is 11.6. The zero-order valence-electron chi connectivity index (χ0n) is 9.41. The van der Waals surface area contributed by atoms with Crippen molar-refractivity contribution in [2.45, 2.75) is 6.10 Å². The van der Waals surface area contributed by atoms with Gasteiger partial charge in [0.2, 0.25) is 6.10 Å². The number of hydrogen-bond donors (Lipinski definition) is 0. The van der Waals surface area contributed by atoms with E-state index >= 15 is 0 Å². The van der Waals surface area contributed by atoms with Crippen molar-refractivity contribution >= 4 is 28.6 Å². The molecular weight excluding hydrogens is 342 g/mol. The molecule has 0 aromatic heterocycles. The van der Waals surface area contributed by atoms with Crippen molar-refractivity contribution in [3.63, 3.8) is 0 Å². The van der Waals surface area contributed by atoms with Crippen LogP contribution in [0.25, 0.3) is 0 Å². The third kappa shape index (κ3) is 4.12. The number of carbonyl (C=O) groups excluding carboxylic acids is 1.